The summed E-state index contributed by atoms with van der Waals surface area (Å²) >= 11 is 5.86. The maximum absolute atomic E-state index is 12.4. The summed E-state index contributed by atoms with van der Waals surface area (Å²) < 4.78 is 68.3. The first-order valence-electron chi connectivity index (χ1n) is 11.5. The summed E-state index contributed by atoms with van der Waals surface area (Å²) in [6, 6.07) is 0. The quantitative estimate of drug-likeness (QED) is 0.503. The zero-order chi connectivity index (χ0) is 23.6. The van der Waals surface area contributed by atoms with Crippen molar-refractivity contribution in [1.82, 2.24) is 14.3 Å². The van der Waals surface area contributed by atoms with Gasteiger partial charge in [0.2, 0.25) is 16.0 Å². The summed E-state index contributed by atoms with van der Waals surface area (Å²) in [5, 5.41) is 0.532. The minimum atomic E-state index is -4.47. The summed E-state index contributed by atoms with van der Waals surface area (Å²) in [6.45, 7) is 2.82. The number of hydrogen-bond donors (Lipinski definition) is 0. The van der Waals surface area contributed by atoms with Gasteiger partial charge in [-0.2, -0.15) is 17.5 Å². The molecule has 1 aromatic heterocycles. The molecule has 3 aliphatic rings. The van der Waals surface area contributed by atoms with E-state index in [1.165, 1.54) is 6.42 Å². The predicted octanol–water partition coefficient (Wildman–Crippen LogP) is 3.75. The monoisotopic (exact) mass is 510 g/mol. The van der Waals surface area contributed by atoms with Crippen molar-refractivity contribution in [2.45, 2.75) is 50.8 Å². The van der Waals surface area contributed by atoms with Crippen LogP contribution in [-0.4, -0.2) is 73.5 Å². The summed E-state index contributed by atoms with van der Waals surface area (Å²) in [6.07, 6.45) is 2.13. The molecular formula is C21H30ClF3N4O3S. The number of rotatable bonds is 9. The molecule has 186 valence electrons. The third-order valence-electron chi connectivity index (χ3n) is 7.00. The van der Waals surface area contributed by atoms with Crippen LogP contribution in [0.25, 0.3) is 0 Å². The number of ether oxygens (including phenoxy) is 1. The second kappa shape index (κ2) is 10.2. The second-order valence-corrected chi connectivity index (χ2v) is 11.8. The minimum Gasteiger partial charge on any atom is -0.377 e. The molecule has 0 radical (unpaired) electrons. The van der Waals surface area contributed by atoms with E-state index in [0.717, 1.165) is 42.6 Å². The number of anilines is 1. The van der Waals surface area contributed by atoms with E-state index < -0.39 is 28.4 Å². The van der Waals surface area contributed by atoms with Crippen molar-refractivity contribution < 1.29 is 26.3 Å². The standard InChI is InChI=1S/C21H30ClF3N4O3S/c22-17-12-26-20(27-13-17)28-6-1-15(2-7-28)19-11-16(19)4-9-32-18-3-8-29(14-18)33(30,31)10-5-21(23,24)25/h12-13,15-16,18-19H,1-11,14H2/t16?,18?,19-/m1/s1. The summed E-state index contributed by atoms with van der Waals surface area (Å²) in [5.41, 5.74) is 0. The highest BCUT2D eigenvalue weighted by Gasteiger charge is 2.43. The van der Waals surface area contributed by atoms with Crippen molar-refractivity contribution in [1.29, 1.82) is 0 Å². The van der Waals surface area contributed by atoms with Crippen molar-refractivity contribution >= 4 is 27.6 Å². The molecule has 0 spiro atoms. The molecule has 0 amide bonds. The first kappa shape index (κ1) is 24.9. The highest BCUT2D eigenvalue weighted by atomic mass is 35.5. The second-order valence-electron chi connectivity index (χ2n) is 9.29. The van der Waals surface area contributed by atoms with E-state index in [2.05, 4.69) is 14.9 Å². The van der Waals surface area contributed by atoms with Gasteiger partial charge < -0.3 is 9.64 Å². The van der Waals surface area contributed by atoms with E-state index in [9.17, 15) is 21.6 Å². The molecule has 3 fully saturated rings. The maximum Gasteiger partial charge on any atom is 0.390 e. The summed E-state index contributed by atoms with van der Waals surface area (Å²) in [4.78, 5) is 10.8. The number of sulfonamides is 1. The molecule has 7 nitrogen and oxygen atoms in total. The Labute approximate surface area is 197 Å². The number of aromatic nitrogens is 2. The number of alkyl halides is 3. The molecule has 2 unspecified atom stereocenters. The zero-order valence-corrected chi connectivity index (χ0v) is 20.0. The van der Waals surface area contributed by atoms with Gasteiger partial charge in [0.25, 0.3) is 0 Å². The van der Waals surface area contributed by atoms with Crippen LogP contribution in [0.15, 0.2) is 12.4 Å². The fraction of sp³-hybridized carbons (Fsp3) is 0.810. The smallest absolute Gasteiger partial charge is 0.377 e. The number of hydrogen-bond acceptors (Lipinski definition) is 6. The molecule has 0 bridgehead atoms. The zero-order valence-electron chi connectivity index (χ0n) is 18.4. The number of halogens is 4. The molecule has 4 rings (SSSR count). The predicted molar refractivity (Wildman–Crippen MR) is 119 cm³/mol. The van der Waals surface area contributed by atoms with Gasteiger partial charge in [0.05, 0.1) is 35.7 Å². The Morgan fingerprint density at radius 2 is 1.82 bits per heavy atom. The van der Waals surface area contributed by atoms with Crippen LogP contribution < -0.4 is 4.90 Å². The van der Waals surface area contributed by atoms with E-state index in [1.807, 2.05) is 0 Å². The SMILES string of the molecule is O=S(=O)(CCC(F)(F)F)N1CCC(OCCC2C[C@@H]2C2CCN(c3ncc(Cl)cn3)CC2)C1. The molecule has 1 aliphatic carbocycles. The van der Waals surface area contributed by atoms with Crippen LogP contribution in [0.1, 0.15) is 38.5 Å². The van der Waals surface area contributed by atoms with Gasteiger partial charge in [0.1, 0.15) is 0 Å². The molecule has 33 heavy (non-hydrogen) atoms. The fourth-order valence-corrected chi connectivity index (χ4v) is 6.65. The summed E-state index contributed by atoms with van der Waals surface area (Å²) in [5.74, 6) is 1.88. The van der Waals surface area contributed by atoms with Crippen LogP contribution in [-0.2, 0) is 14.8 Å². The average Bonchev–Trinajstić information content (AvgIpc) is 3.37. The number of nitrogens with zero attached hydrogens (tertiary/aromatic N) is 4. The molecule has 3 heterocycles. The van der Waals surface area contributed by atoms with Crippen LogP contribution in [0.3, 0.4) is 0 Å². The van der Waals surface area contributed by atoms with Crippen LogP contribution >= 0.6 is 11.6 Å². The Balaban J connectivity index is 1.12. The lowest BCUT2D eigenvalue weighted by molar-refractivity contribution is -0.130. The normalized spacial score (nSPS) is 27.3. The first-order valence-corrected chi connectivity index (χ1v) is 13.5. The molecule has 0 N–H and O–H groups in total. The van der Waals surface area contributed by atoms with Gasteiger partial charge in [-0.25, -0.2) is 18.4 Å². The van der Waals surface area contributed by atoms with E-state index in [-0.39, 0.29) is 19.2 Å². The molecule has 3 atom stereocenters. The van der Waals surface area contributed by atoms with Crippen molar-refractivity contribution in [2.24, 2.45) is 17.8 Å². The third kappa shape index (κ3) is 6.93. The van der Waals surface area contributed by atoms with Crippen molar-refractivity contribution in [3.8, 4) is 0 Å². The van der Waals surface area contributed by atoms with Crippen molar-refractivity contribution in [2.75, 3.05) is 43.4 Å². The van der Waals surface area contributed by atoms with E-state index in [4.69, 9.17) is 16.3 Å². The topological polar surface area (TPSA) is 75.6 Å². The molecule has 12 heteroatoms. The van der Waals surface area contributed by atoms with Gasteiger partial charge in [-0.05, 0) is 49.9 Å². The van der Waals surface area contributed by atoms with Gasteiger partial charge in [-0.1, -0.05) is 11.6 Å². The lowest BCUT2D eigenvalue weighted by Crippen LogP contribution is -2.35. The Morgan fingerprint density at radius 1 is 1.12 bits per heavy atom. The highest BCUT2D eigenvalue weighted by Crippen LogP contribution is 2.50. The molecule has 1 aromatic rings. The van der Waals surface area contributed by atoms with Crippen LogP contribution in [0, 0.1) is 17.8 Å². The van der Waals surface area contributed by atoms with E-state index in [0.29, 0.717) is 35.8 Å². The highest BCUT2D eigenvalue weighted by molar-refractivity contribution is 7.89. The Kier molecular flexibility index (Phi) is 7.72. The summed E-state index contributed by atoms with van der Waals surface area (Å²) in [7, 11) is -3.89. The Morgan fingerprint density at radius 3 is 2.48 bits per heavy atom. The van der Waals surface area contributed by atoms with Crippen LogP contribution in [0.4, 0.5) is 19.1 Å². The molecule has 0 aromatic carbocycles. The van der Waals surface area contributed by atoms with Gasteiger partial charge in [0, 0.05) is 32.8 Å². The van der Waals surface area contributed by atoms with Crippen molar-refractivity contribution in [3.63, 3.8) is 0 Å². The van der Waals surface area contributed by atoms with Gasteiger partial charge in [-0.3, -0.25) is 0 Å². The van der Waals surface area contributed by atoms with Crippen LogP contribution in [0.2, 0.25) is 5.02 Å². The number of piperidine rings is 1. The minimum absolute atomic E-state index is 0.152. The largest absolute Gasteiger partial charge is 0.390 e. The fourth-order valence-electron chi connectivity index (χ4n) is 5.02. The van der Waals surface area contributed by atoms with Gasteiger partial charge in [0.15, 0.2) is 0 Å². The molecule has 2 saturated heterocycles. The Bertz CT molecular complexity index is 895. The van der Waals surface area contributed by atoms with Gasteiger partial charge in [-0.15, -0.1) is 0 Å². The van der Waals surface area contributed by atoms with E-state index >= 15 is 0 Å². The molecular weight excluding hydrogens is 481 g/mol. The lowest BCUT2D eigenvalue weighted by atomic mass is 9.90. The average molecular weight is 511 g/mol. The lowest BCUT2D eigenvalue weighted by Gasteiger charge is -2.32. The first-order chi connectivity index (χ1) is 15.6. The molecule has 2 aliphatic heterocycles. The van der Waals surface area contributed by atoms with Crippen molar-refractivity contribution in [3.05, 3.63) is 17.4 Å². The maximum atomic E-state index is 12.4. The third-order valence-corrected chi connectivity index (χ3v) is 9.03. The Hall–Kier alpha value is -1.17. The molecule has 1 saturated carbocycles. The van der Waals surface area contributed by atoms with E-state index in [1.54, 1.807) is 12.4 Å². The van der Waals surface area contributed by atoms with Crippen LogP contribution in [0.5, 0.6) is 0 Å². The van der Waals surface area contributed by atoms with Gasteiger partial charge >= 0.3 is 6.18 Å².